The van der Waals surface area contributed by atoms with Gasteiger partial charge in [-0.05, 0) is 87.0 Å². The molecule has 5 fully saturated rings. The van der Waals surface area contributed by atoms with E-state index in [9.17, 15) is 0 Å². The number of rotatable bonds is 4. The summed E-state index contributed by atoms with van der Waals surface area (Å²) in [5, 5.41) is 3.90. The molecule has 1 unspecified atom stereocenters. The maximum atomic E-state index is 3.90. The van der Waals surface area contributed by atoms with Gasteiger partial charge in [-0.2, -0.15) is 0 Å². The average molecular weight is 233 g/mol. The van der Waals surface area contributed by atoms with Gasteiger partial charge in [0.25, 0.3) is 0 Å². The zero-order chi connectivity index (χ0) is 11.5. The monoisotopic (exact) mass is 233 g/mol. The summed E-state index contributed by atoms with van der Waals surface area (Å²) in [6.45, 7) is 3.48. The van der Waals surface area contributed by atoms with Gasteiger partial charge in [0.1, 0.15) is 0 Å². The predicted molar refractivity (Wildman–Crippen MR) is 70.8 cm³/mol. The van der Waals surface area contributed by atoms with E-state index in [0.717, 1.165) is 35.1 Å². The van der Waals surface area contributed by atoms with E-state index in [2.05, 4.69) is 12.2 Å². The third-order valence-electron chi connectivity index (χ3n) is 6.26. The second-order valence-corrected chi connectivity index (χ2v) is 7.65. The van der Waals surface area contributed by atoms with Crippen molar-refractivity contribution in [2.24, 2.45) is 29.1 Å². The fourth-order valence-corrected chi connectivity index (χ4v) is 6.09. The summed E-state index contributed by atoms with van der Waals surface area (Å²) >= 11 is 0. The first-order valence-electron chi connectivity index (χ1n) is 8.02. The maximum Gasteiger partial charge on any atom is 0.0152 e. The van der Waals surface area contributed by atoms with Crippen molar-refractivity contribution in [3.63, 3.8) is 0 Å². The highest BCUT2D eigenvalue weighted by atomic mass is 15.0. The third-order valence-corrected chi connectivity index (χ3v) is 6.26. The molecule has 0 aromatic rings. The summed E-state index contributed by atoms with van der Waals surface area (Å²) in [7, 11) is 0. The zero-order valence-corrected chi connectivity index (χ0v) is 11.3. The molecule has 17 heavy (non-hydrogen) atoms. The van der Waals surface area contributed by atoms with Crippen LogP contribution in [0.4, 0.5) is 0 Å². The standard InChI is InChI=1S/C16H27N/c1-2-17-15(14-3-4-14)16-8-11-5-12(9-16)7-13(6-11)10-16/h11-15,17H,2-10H2,1H3. The van der Waals surface area contributed by atoms with Crippen LogP contribution in [0.2, 0.25) is 0 Å². The molecule has 5 saturated carbocycles. The average Bonchev–Trinajstić information content (AvgIpc) is 3.07. The van der Waals surface area contributed by atoms with Crippen LogP contribution in [-0.4, -0.2) is 12.6 Å². The highest BCUT2D eigenvalue weighted by molar-refractivity contribution is 5.09. The van der Waals surface area contributed by atoms with Gasteiger partial charge < -0.3 is 5.32 Å². The normalized spacial score (nSPS) is 49.6. The first-order valence-corrected chi connectivity index (χ1v) is 8.02. The van der Waals surface area contributed by atoms with Crippen molar-refractivity contribution in [1.82, 2.24) is 5.32 Å². The molecule has 0 heterocycles. The molecule has 0 radical (unpaired) electrons. The lowest BCUT2D eigenvalue weighted by molar-refractivity contribution is -0.0776. The highest BCUT2D eigenvalue weighted by Gasteiger charge is 2.56. The summed E-state index contributed by atoms with van der Waals surface area (Å²) in [4.78, 5) is 0. The van der Waals surface area contributed by atoms with Crippen LogP contribution in [0, 0.1) is 29.1 Å². The minimum Gasteiger partial charge on any atom is -0.313 e. The Morgan fingerprint density at radius 2 is 1.53 bits per heavy atom. The topological polar surface area (TPSA) is 12.0 Å². The fourth-order valence-electron chi connectivity index (χ4n) is 6.09. The molecule has 0 aromatic heterocycles. The van der Waals surface area contributed by atoms with Crippen molar-refractivity contribution in [3.8, 4) is 0 Å². The SMILES string of the molecule is CCNC(C1CC1)C12CC3CC(CC(C3)C1)C2. The molecule has 1 heteroatoms. The molecule has 5 aliphatic rings. The van der Waals surface area contributed by atoms with Crippen LogP contribution in [-0.2, 0) is 0 Å². The van der Waals surface area contributed by atoms with E-state index < -0.39 is 0 Å². The van der Waals surface area contributed by atoms with Crippen LogP contribution in [0.15, 0.2) is 0 Å². The Labute approximate surface area is 106 Å². The molecule has 5 rings (SSSR count). The molecular weight excluding hydrogens is 206 g/mol. The third kappa shape index (κ3) is 1.69. The lowest BCUT2D eigenvalue weighted by Gasteiger charge is -2.60. The summed E-state index contributed by atoms with van der Waals surface area (Å²) < 4.78 is 0. The van der Waals surface area contributed by atoms with Gasteiger partial charge in [0.2, 0.25) is 0 Å². The van der Waals surface area contributed by atoms with Gasteiger partial charge in [-0.25, -0.2) is 0 Å². The van der Waals surface area contributed by atoms with Crippen LogP contribution < -0.4 is 5.32 Å². The molecular formula is C16H27N. The Bertz CT molecular complexity index is 269. The molecule has 0 amide bonds. The number of hydrogen-bond acceptors (Lipinski definition) is 1. The van der Waals surface area contributed by atoms with E-state index in [0.29, 0.717) is 0 Å². The summed E-state index contributed by atoms with van der Waals surface area (Å²) in [6.07, 6.45) is 12.5. The minimum absolute atomic E-state index is 0.742. The number of hydrogen-bond donors (Lipinski definition) is 1. The molecule has 1 atom stereocenters. The lowest BCUT2D eigenvalue weighted by atomic mass is 9.47. The van der Waals surface area contributed by atoms with Gasteiger partial charge in [-0.15, -0.1) is 0 Å². The van der Waals surface area contributed by atoms with Crippen LogP contribution in [0.5, 0.6) is 0 Å². The Hall–Kier alpha value is -0.0400. The first kappa shape index (κ1) is 10.8. The van der Waals surface area contributed by atoms with Crippen molar-refractivity contribution < 1.29 is 0 Å². The Morgan fingerprint density at radius 1 is 1.00 bits per heavy atom. The van der Waals surface area contributed by atoms with Crippen molar-refractivity contribution in [2.75, 3.05) is 6.54 Å². The zero-order valence-electron chi connectivity index (χ0n) is 11.3. The van der Waals surface area contributed by atoms with E-state index >= 15 is 0 Å². The second-order valence-electron chi connectivity index (χ2n) is 7.65. The van der Waals surface area contributed by atoms with E-state index in [1.807, 2.05) is 0 Å². The minimum atomic E-state index is 0.742. The first-order chi connectivity index (χ1) is 8.29. The van der Waals surface area contributed by atoms with Crippen molar-refractivity contribution in [1.29, 1.82) is 0 Å². The number of nitrogens with one attached hydrogen (secondary N) is 1. The lowest BCUT2D eigenvalue weighted by Crippen LogP contribution is -2.56. The molecule has 4 bridgehead atoms. The summed E-state index contributed by atoms with van der Waals surface area (Å²) in [5.74, 6) is 4.38. The molecule has 5 aliphatic carbocycles. The van der Waals surface area contributed by atoms with E-state index in [-0.39, 0.29) is 0 Å². The molecule has 96 valence electrons. The highest BCUT2D eigenvalue weighted by Crippen LogP contribution is 2.63. The molecule has 0 aliphatic heterocycles. The molecule has 1 N–H and O–H groups in total. The molecule has 1 nitrogen and oxygen atoms in total. The van der Waals surface area contributed by atoms with Gasteiger partial charge >= 0.3 is 0 Å². The largest absolute Gasteiger partial charge is 0.313 e. The predicted octanol–water partition coefficient (Wildman–Crippen LogP) is 3.59. The molecule has 0 spiro atoms. The Balaban J connectivity index is 1.61. The molecule has 0 aromatic carbocycles. The van der Waals surface area contributed by atoms with Gasteiger partial charge in [0.15, 0.2) is 0 Å². The Kier molecular flexibility index (Phi) is 2.38. The Morgan fingerprint density at radius 3 is 1.94 bits per heavy atom. The summed E-state index contributed by atoms with van der Waals surface area (Å²) in [6, 6.07) is 0.890. The van der Waals surface area contributed by atoms with Gasteiger partial charge in [-0.1, -0.05) is 6.92 Å². The van der Waals surface area contributed by atoms with Gasteiger partial charge in [0, 0.05) is 6.04 Å². The quantitative estimate of drug-likeness (QED) is 0.782. The maximum absolute atomic E-state index is 3.90. The van der Waals surface area contributed by atoms with Crippen LogP contribution in [0.1, 0.15) is 58.3 Å². The van der Waals surface area contributed by atoms with Crippen LogP contribution in [0.3, 0.4) is 0 Å². The van der Waals surface area contributed by atoms with Crippen molar-refractivity contribution in [3.05, 3.63) is 0 Å². The van der Waals surface area contributed by atoms with Crippen LogP contribution in [0.25, 0.3) is 0 Å². The van der Waals surface area contributed by atoms with Crippen LogP contribution >= 0.6 is 0 Å². The van der Waals surface area contributed by atoms with E-state index in [4.69, 9.17) is 0 Å². The van der Waals surface area contributed by atoms with Crippen molar-refractivity contribution in [2.45, 2.75) is 64.3 Å². The smallest absolute Gasteiger partial charge is 0.0152 e. The van der Waals surface area contributed by atoms with E-state index in [1.54, 1.807) is 38.5 Å². The van der Waals surface area contributed by atoms with E-state index in [1.165, 1.54) is 19.4 Å². The van der Waals surface area contributed by atoms with Gasteiger partial charge in [0.05, 0.1) is 0 Å². The molecule has 0 saturated heterocycles. The second kappa shape index (κ2) is 3.73. The summed E-state index contributed by atoms with van der Waals surface area (Å²) in [5.41, 5.74) is 0.742. The van der Waals surface area contributed by atoms with Gasteiger partial charge in [-0.3, -0.25) is 0 Å². The van der Waals surface area contributed by atoms with Crippen molar-refractivity contribution >= 4 is 0 Å². The fraction of sp³-hybridized carbons (Fsp3) is 1.00.